The lowest BCUT2D eigenvalue weighted by molar-refractivity contribution is -0.125. The van der Waals surface area contributed by atoms with Crippen molar-refractivity contribution in [1.82, 2.24) is 14.9 Å². The Morgan fingerprint density at radius 3 is 3.11 bits per heavy atom. The van der Waals surface area contributed by atoms with E-state index in [1.54, 1.807) is 42.6 Å². The summed E-state index contributed by atoms with van der Waals surface area (Å²) in [5.41, 5.74) is 7.38. The molecule has 142 valence electrons. The van der Waals surface area contributed by atoms with Crippen LogP contribution in [0.5, 0.6) is 5.88 Å². The first kappa shape index (κ1) is 18.7. The van der Waals surface area contributed by atoms with Crippen LogP contribution in [0.15, 0.2) is 47.5 Å². The molecule has 1 saturated heterocycles. The third-order valence-corrected chi connectivity index (χ3v) is 4.44. The average molecular weight is 369 g/mol. The molecule has 0 aromatic carbocycles. The summed E-state index contributed by atoms with van der Waals surface area (Å²) >= 11 is 0. The summed E-state index contributed by atoms with van der Waals surface area (Å²) in [5.74, 6) is 0.444. The number of aromatic nitrogens is 2. The predicted octanol–water partition coefficient (Wildman–Crippen LogP) is 0.973. The van der Waals surface area contributed by atoms with Crippen molar-refractivity contribution in [3.05, 3.63) is 53.1 Å². The van der Waals surface area contributed by atoms with E-state index < -0.39 is 0 Å². The largest absolute Gasteiger partial charge is 0.481 e. The Labute approximate surface area is 157 Å². The molecule has 4 N–H and O–H groups in total. The molecule has 2 aromatic heterocycles. The Kier molecular flexibility index (Phi) is 5.87. The molecule has 1 unspecified atom stereocenters. The molecule has 3 rings (SSSR count). The van der Waals surface area contributed by atoms with E-state index in [1.807, 2.05) is 6.07 Å². The van der Waals surface area contributed by atoms with Gasteiger partial charge in [0.25, 0.3) is 5.56 Å². The van der Waals surface area contributed by atoms with Gasteiger partial charge in [0.15, 0.2) is 0 Å². The molecule has 1 fully saturated rings. The van der Waals surface area contributed by atoms with Crippen LogP contribution in [-0.2, 0) is 4.79 Å². The highest BCUT2D eigenvalue weighted by molar-refractivity contribution is 5.87. The van der Waals surface area contributed by atoms with Crippen molar-refractivity contribution in [2.45, 2.75) is 12.5 Å². The van der Waals surface area contributed by atoms with Gasteiger partial charge in [-0.25, -0.2) is 4.98 Å². The van der Waals surface area contributed by atoms with Crippen LogP contribution < -0.4 is 21.3 Å². The van der Waals surface area contributed by atoms with Crippen LogP contribution in [0, 0.1) is 0 Å². The molecule has 2 aromatic rings. The highest BCUT2D eigenvalue weighted by Crippen LogP contribution is 2.23. The number of aromatic amines is 1. The number of carbonyl (C=O) groups is 1. The summed E-state index contributed by atoms with van der Waals surface area (Å²) < 4.78 is 5.15. The summed E-state index contributed by atoms with van der Waals surface area (Å²) in [6, 6.07) is 5.46. The van der Waals surface area contributed by atoms with Crippen LogP contribution >= 0.6 is 0 Å². The molecular formula is C19H23N5O3. The number of pyridine rings is 2. The van der Waals surface area contributed by atoms with E-state index in [1.165, 1.54) is 6.08 Å². The number of H-pyrrole nitrogens is 1. The topological polar surface area (TPSA) is 113 Å². The van der Waals surface area contributed by atoms with Gasteiger partial charge in [-0.15, -0.1) is 0 Å². The van der Waals surface area contributed by atoms with E-state index in [0.717, 1.165) is 17.5 Å². The Bertz CT molecular complexity index is 893. The number of methoxy groups -OCH3 is 1. The Morgan fingerprint density at radius 1 is 1.48 bits per heavy atom. The molecule has 27 heavy (non-hydrogen) atoms. The van der Waals surface area contributed by atoms with Crippen molar-refractivity contribution in [2.75, 3.05) is 32.1 Å². The van der Waals surface area contributed by atoms with E-state index in [4.69, 9.17) is 10.5 Å². The molecule has 0 bridgehead atoms. The highest BCUT2D eigenvalue weighted by atomic mass is 16.5. The molecule has 3 heterocycles. The molecule has 8 nitrogen and oxygen atoms in total. The van der Waals surface area contributed by atoms with Gasteiger partial charge in [-0.05, 0) is 24.1 Å². The maximum Gasteiger partial charge on any atom is 0.271 e. The lowest BCUT2D eigenvalue weighted by Crippen LogP contribution is -2.31. The van der Waals surface area contributed by atoms with E-state index in [2.05, 4.69) is 15.3 Å². The van der Waals surface area contributed by atoms with Crippen LogP contribution in [-0.4, -0.2) is 53.6 Å². The normalized spacial score (nSPS) is 16.7. The second kappa shape index (κ2) is 8.50. The molecular weight excluding hydrogens is 346 g/mol. The number of nitrogens with zero attached hydrogens (tertiary/aromatic N) is 2. The zero-order valence-corrected chi connectivity index (χ0v) is 15.1. The van der Waals surface area contributed by atoms with Crippen molar-refractivity contribution in [2.24, 2.45) is 5.73 Å². The minimum Gasteiger partial charge on any atom is -0.481 e. The summed E-state index contributed by atoms with van der Waals surface area (Å²) in [7, 11) is 1.56. The molecule has 0 radical (unpaired) electrons. The van der Waals surface area contributed by atoms with Crippen molar-refractivity contribution in [1.29, 1.82) is 0 Å². The quantitative estimate of drug-likeness (QED) is 0.654. The van der Waals surface area contributed by atoms with Gasteiger partial charge in [-0.2, -0.15) is 0 Å². The molecule has 1 atom stereocenters. The molecule has 1 aliphatic rings. The van der Waals surface area contributed by atoms with Crippen LogP contribution in [0.4, 0.5) is 5.69 Å². The fourth-order valence-electron chi connectivity index (χ4n) is 3.03. The smallest absolute Gasteiger partial charge is 0.271 e. The molecule has 1 amide bonds. The lowest BCUT2D eigenvalue weighted by Gasteiger charge is -2.16. The van der Waals surface area contributed by atoms with Gasteiger partial charge >= 0.3 is 0 Å². The third kappa shape index (κ3) is 4.53. The first-order chi connectivity index (χ1) is 13.1. The zero-order valence-electron chi connectivity index (χ0n) is 15.1. The van der Waals surface area contributed by atoms with Gasteiger partial charge in [-0.3, -0.25) is 9.59 Å². The predicted molar refractivity (Wildman–Crippen MR) is 104 cm³/mol. The fraction of sp³-hybridized carbons (Fsp3) is 0.316. The van der Waals surface area contributed by atoms with Gasteiger partial charge in [-0.1, -0.05) is 6.08 Å². The number of amides is 1. The summed E-state index contributed by atoms with van der Waals surface area (Å²) in [6.45, 7) is 1.52. The minimum absolute atomic E-state index is 0.0172. The third-order valence-electron chi connectivity index (χ3n) is 4.44. The van der Waals surface area contributed by atoms with Gasteiger partial charge in [0.2, 0.25) is 11.8 Å². The van der Waals surface area contributed by atoms with Crippen molar-refractivity contribution in [3.8, 4) is 17.0 Å². The first-order valence-corrected chi connectivity index (χ1v) is 8.76. The Balaban J connectivity index is 1.73. The number of carbonyl (C=O) groups excluding carboxylic acids is 1. The number of likely N-dealkylation sites (tertiary alicyclic amines) is 1. The number of hydrogen-bond donors (Lipinski definition) is 3. The summed E-state index contributed by atoms with van der Waals surface area (Å²) in [6.07, 6.45) is 7.22. The number of hydrogen-bond acceptors (Lipinski definition) is 6. The number of ether oxygens (including phenoxy) is 1. The van der Waals surface area contributed by atoms with Crippen LogP contribution in [0.25, 0.3) is 11.1 Å². The second-order valence-electron chi connectivity index (χ2n) is 6.27. The number of nitrogens with one attached hydrogen (secondary N) is 2. The maximum absolute atomic E-state index is 12.2. The van der Waals surface area contributed by atoms with Gasteiger partial charge in [0.05, 0.1) is 7.11 Å². The zero-order chi connectivity index (χ0) is 19.2. The molecule has 1 aliphatic heterocycles. The number of nitrogens with two attached hydrogens (primary N) is 1. The highest BCUT2D eigenvalue weighted by Gasteiger charge is 2.25. The Hall–Kier alpha value is -3.13. The minimum atomic E-state index is -0.201. The maximum atomic E-state index is 12.2. The molecule has 0 aliphatic carbocycles. The van der Waals surface area contributed by atoms with Crippen LogP contribution in [0.2, 0.25) is 0 Å². The molecule has 8 heteroatoms. The molecule has 0 spiro atoms. The standard InChI is InChI=1S/C19H23N5O3/c1-27-17-10-13(4-7-21-17)14-9-16(19(26)22-11-14)23-15-5-8-24(12-15)18(25)3-2-6-20/h2-4,7,9-11,15,23H,5-6,8,12,20H2,1H3,(H,22,26)/b3-2+. The van der Waals surface area contributed by atoms with Crippen LogP contribution in [0.1, 0.15) is 6.42 Å². The van der Waals surface area contributed by atoms with Crippen molar-refractivity contribution in [3.63, 3.8) is 0 Å². The monoisotopic (exact) mass is 369 g/mol. The second-order valence-corrected chi connectivity index (χ2v) is 6.27. The van der Waals surface area contributed by atoms with E-state index in [0.29, 0.717) is 31.2 Å². The fourth-order valence-corrected chi connectivity index (χ4v) is 3.03. The molecule has 0 saturated carbocycles. The van der Waals surface area contributed by atoms with Crippen LogP contribution in [0.3, 0.4) is 0 Å². The lowest BCUT2D eigenvalue weighted by atomic mass is 10.1. The first-order valence-electron chi connectivity index (χ1n) is 8.76. The van der Waals surface area contributed by atoms with Gasteiger partial charge in [0, 0.05) is 55.8 Å². The van der Waals surface area contributed by atoms with E-state index in [-0.39, 0.29) is 17.5 Å². The number of rotatable bonds is 6. The Morgan fingerprint density at radius 2 is 2.33 bits per heavy atom. The number of anilines is 1. The summed E-state index contributed by atoms with van der Waals surface area (Å²) in [5, 5.41) is 3.26. The van der Waals surface area contributed by atoms with Crippen molar-refractivity contribution < 1.29 is 9.53 Å². The SMILES string of the molecule is COc1cc(-c2c[nH]c(=O)c(NC3CCN(C(=O)/C=C/CN)C3)c2)ccn1. The van der Waals surface area contributed by atoms with E-state index >= 15 is 0 Å². The van der Waals surface area contributed by atoms with Gasteiger partial charge in [0.1, 0.15) is 5.69 Å². The van der Waals surface area contributed by atoms with E-state index in [9.17, 15) is 9.59 Å². The summed E-state index contributed by atoms with van der Waals surface area (Å²) in [4.78, 5) is 32.8. The van der Waals surface area contributed by atoms with Gasteiger partial charge < -0.3 is 25.7 Å². The average Bonchev–Trinajstić information content (AvgIpc) is 3.16. The van der Waals surface area contributed by atoms with Crippen molar-refractivity contribution >= 4 is 11.6 Å².